The van der Waals surface area contributed by atoms with Crippen LogP contribution in [0.15, 0.2) is 51.7 Å². The van der Waals surface area contributed by atoms with Crippen LogP contribution in [0.25, 0.3) is 11.0 Å². The van der Waals surface area contributed by atoms with Crippen molar-refractivity contribution < 1.29 is 9.73 Å². The lowest BCUT2D eigenvalue weighted by Gasteiger charge is -2.13. The van der Waals surface area contributed by atoms with E-state index in [1.165, 1.54) is 5.56 Å². The molecule has 0 unspecified atom stereocenters. The van der Waals surface area contributed by atoms with E-state index in [2.05, 4.69) is 18.3 Å². The Morgan fingerprint density at radius 2 is 1.83 bits per heavy atom. The van der Waals surface area contributed by atoms with Gasteiger partial charge in [0.25, 0.3) is 0 Å². The number of benzene rings is 2. The molecule has 124 valence electrons. The molecule has 4 heteroatoms. The Hall–Kier alpha value is -2.10. The highest BCUT2D eigenvalue weighted by Gasteiger charge is 2.13. The van der Waals surface area contributed by atoms with E-state index in [4.69, 9.17) is 16.0 Å². The van der Waals surface area contributed by atoms with Gasteiger partial charge in [-0.1, -0.05) is 35.9 Å². The fourth-order valence-electron chi connectivity index (χ4n) is 2.90. The number of nitrogens with two attached hydrogens (primary N) is 1. The summed E-state index contributed by atoms with van der Waals surface area (Å²) in [7, 11) is 0. The smallest absolute Gasteiger partial charge is 0.336 e. The first-order valence-electron chi connectivity index (χ1n) is 8.07. The van der Waals surface area contributed by atoms with Crippen LogP contribution in [0.1, 0.15) is 35.2 Å². The standard InChI is InChI=1S/C20H20ClNO2/c1-12-4-9-18-16(10-19(23)24-20(18)13(12)2)11-22-14(3)15-5-7-17(21)8-6-15/h4-10,14,22H,11H2,1-3H3/p+1/t14-/m1/s1. The minimum Gasteiger partial charge on any atom is -0.422 e. The Labute approximate surface area is 146 Å². The Kier molecular flexibility index (Phi) is 4.74. The second kappa shape index (κ2) is 6.80. The molecule has 0 amide bonds. The number of hydrogen-bond acceptors (Lipinski definition) is 2. The predicted octanol–water partition coefficient (Wildman–Crippen LogP) is 3.89. The Morgan fingerprint density at radius 1 is 1.12 bits per heavy atom. The summed E-state index contributed by atoms with van der Waals surface area (Å²) in [6, 6.07) is 13.9. The molecule has 3 aromatic rings. The van der Waals surface area contributed by atoms with Crippen molar-refractivity contribution in [2.45, 2.75) is 33.4 Å². The van der Waals surface area contributed by atoms with Crippen LogP contribution in [0.2, 0.25) is 5.02 Å². The largest absolute Gasteiger partial charge is 0.422 e. The highest BCUT2D eigenvalue weighted by molar-refractivity contribution is 6.30. The van der Waals surface area contributed by atoms with Crippen molar-refractivity contribution >= 4 is 22.6 Å². The third-order valence-electron chi connectivity index (χ3n) is 4.60. The van der Waals surface area contributed by atoms with Crippen LogP contribution >= 0.6 is 11.6 Å². The average molecular weight is 343 g/mol. The van der Waals surface area contributed by atoms with Gasteiger partial charge in [-0.3, -0.25) is 0 Å². The fourth-order valence-corrected chi connectivity index (χ4v) is 3.03. The lowest BCUT2D eigenvalue weighted by atomic mass is 10.0. The van der Waals surface area contributed by atoms with Crippen molar-refractivity contribution in [2.24, 2.45) is 0 Å². The van der Waals surface area contributed by atoms with E-state index >= 15 is 0 Å². The van der Waals surface area contributed by atoms with Crippen LogP contribution in [-0.2, 0) is 6.54 Å². The summed E-state index contributed by atoms with van der Waals surface area (Å²) >= 11 is 5.94. The first-order valence-corrected chi connectivity index (χ1v) is 8.45. The third-order valence-corrected chi connectivity index (χ3v) is 4.86. The van der Waals surface area contributed by atoms with Gasteiger partial charge in [0.05, 0.1) is 0 Å². The highest BCUT2D eigenvalue weighted by atomic mass is 35.5. The molecule has 2 aromatic carbocycles. The van der Waals surface area contributed by atoms with E-state index in [0.29, 0.717) is 12.1 Å². The van der Waals surface area contributed by atoms with Crippen LogP contribution in [0.3, 0.4) is 0 Å². The molecule has 0 aliphatic rings. The number of quaternary nitrogens is 1. The molecule has 1 atom stereocenters. The van der Waals surface area contributed by atoms with E-state index in [-0.39, 0.29) is 11.7 Å². The van der Waals surface area contributed by atoms with Gasteiger partial charge >= 0.3 is 5.63 Å². The van der Waals surface area contributed by atoms with Gasteiger partial charge in [0.2, 0.25) is 0 Å². The van der Waals surface area contributed by atoms with E-state index in [0.717, 1.165) is 27.1 Å². The Balaban J connectivity index is 1.89. The molecule has 1 aromatic heterocycles. The van der Waals surface area contributed by atoms with E-state index in [1.54, 1.807) is 6.07 Å². The van der Waals surface area contributed by atoms with Crippen LogP contribution < -0.4 is 10.9 Å². The number of halogens is 1. The van der Waals surface area contributed by atoms with Crippen LogP contribution in [0.4, 0.5) is 0 Å². The molecule has 0 fully saturated rings. The molecule has 24 heavy (non-hydrogen) atoms. The molecule has 0 saturated heterocycles. The molecule has 1 heterocycles. The maximum Gasteiger partial charge on any atom is 0.336 e. The molecule has 0 aliphatic carbocycles. The normalized spacial score (nSPS) is 12.5. The molecule has 3 nitrogen and oxygen atoms in total. The van der Waals surface area contributed by atoms with Crippen molar-refractivity contribution in [1.82, 2.24) is 0 Å². The molecular formula is C20H21ClNO2+. The molecule has 0 spiro atoms. The van der Waals surface area contributed by atoms with Crippen LogP contribution in [-0.4, -0.2) is 0 Å². The van der Waals surface area contributed by atoms with Crippen LogP contribution in [0, 0.1) is 13.8 Å². The minimum atomic E-state index is -0.293. The van der Waals surface area contributed by atoms with Gasteiger partial charge in [-0.15, -0.1) is 0 Å². The number of fused-ring (bicyclic) bond motifs is 1. The zero-order valence-corrected chi connectivity index (χ0v) is 14.9. The van der Waals surface area contributed by atoms with Crippen molar-refractivity contribution in [3.63, 3.8) is 0 Å². The zero-order chi connectivity index (χ0) is 17.3. The van der Waals surface area contributed by atoms with Gasteiger partial charge in [0, 0.05) is 27.6 Å². The Morgan fingerprint density at radius 3 is 2.54 bits per heavy atom. The lowest BCUT2D eigenvalue weighted by Crippen LogP contribution is -2.83. The first-order chi connectivity index (χ1) is 11.5. The third kappa shape index (κ3) is 3.37. The highest BCUT2D eigenvalue weighted by Crippen LogP contribution is 2.23. The molecule has 2 N–H and O–H groups in total. The summed E-state index contributed by atoms with van der Waals surface area (Å²) in [6.07, 6.45) is 0. The summed E-state index contributed by atoms with van der Waals surface area (Å²) in [5.74, 6) is 0. The lowest BCUT2D eigenvalue weighted by molar-refractivity contribution is -0.707. The summed E-state index contributed by atoms with van der Waals surface area (Å²) in [5, 5.41) is 3.97. The van der Waals surface area contributed by atoms with Gasteiger partial charge in [-0.05, 0) is 44.0 Å². The van der Waals surface area contributed by atoms with Crippen LogP contribution in [0.5, 0.6) is 0 Å². The summed E-state index contributed by atoms with van der Waals surface area (Å²) in [5.41, 5.74) is 4.77. The fraction of sp³-hybridized carbons (Fsp3) is 0.250. The maximum atomic E-state index is 11.9. The second-order valence-corrected chi connectivity index (χ2v) is 6.69. The molecular weight excluding hydrogens is 322 g/mol. The number of aryl methyl sites for hydroxylation is 2. The zero-order valence-electron chi connectivity index (χ0n) is 14.1. The van der Waals surface area contributed by atoms with Crippen molar-refractivity contribution in [3.05, 3.63) is 80.2 Å². The molecule has 3 rings (SSSR count). The Bertz CT molecular complexity index is 929. The van der Waals surface area contributed by atoms with Crippen molar-refractivity contribution in [1.29, 1.82) is 0 Å². The molecule has 0 saturated carbocycles. The summed E-state index contributed by atoms with van der Waals surface area (Å²) in [4.78, 5) is 11.9. The summed E-state index contributed by atoms with van der Waals surface area (Å²) < 4.78 is 5.43. The number of hydrogen-bond donors (Lipinski definition) is 1. The summed E-state index contributed by atoms with van der Waals surface area (Å²) in [6.45, 7) is 6.88. The van der Waals surface area contributed by atoms with Gasteiger partial charge in [-0.2, -0.15) is 0 Å². The molecule has 0 radical (unpaired) electrons. The molecule has 0 bridgehead atoms. The van der Waals surface area contributed by atoms with E-state index in [9.17, 15) is 4.79 Å². The minimum absolute atomic E-state index is 0.274. The van der Waals surface area contributed by atoms with Gasteiger partial charge < -0.3 is 9.73 Å². The quantitative estimate of drug-likeness (QED) is 0.731. The van der Waals surface area contributed by atoms with Gasteiger partial charge in [0.1, 0.15) is 18.2 Å². The predicted molar refractivity (Wildman–Crippen MR) is 97.5 cm³/mol. The van der Waals surface area contributed by atoms with Crippen molar-refractivity contribution in [2.75, 3.05) is 0 Å². The van der Waals surface area contributed by atoms with Gasteiger partial charge in [-0.25, -0.2) is 4.79 Å². The molecule has 0 aliphatic heterocycles. The second-order valence-electron chi connectivity index (χ2n) is 6.25. The SMILES string of the molecule is Cc1ccc2c(C[NH2+][C@H](C)c3ccc(Cl)cc3)cc(=O)oc2c1C. The number of rotatable bonds is 4. The van der Waals surface area contributed by atoms with E-state index < -0.39 is 0 Å². The maximum absolute atomic E-state index is 11.9. The monoisotopic (exact) mass is 342 g/mol. The first kappa shape index (κ1) is 16.7. The van der Waals surface area contributed by atoms with Crippen molar-refractivity contribution in [3.8, 4) is 0 Å². The topological polar surface area (TPSA) is 46.8 Å². The van der Waals surface area contributed by atoms with E-state index in [1.807, 2.05) is 44.2 Å². The average Bonchev–Trinajstić information content (AvgIpc) is 2.56. The van der Waals surface area contributed by atoms with Gasteiger partial charge in [0.15, 0.2) is 0 Å².